The second-order valence-corrected chi connectivity index (χ2v) is 6.70. The molecule has 6 nitrogen and oxygen atoms in total. The Morgan fingerprint density at radius 3 is 2.75 bits per heavy atom. The lowest BCUT2D eigenvalue weighted by molar-refractivity contribution is 0.715. The Morgan fingerprint density at radius 2 is 1.96 bits per heavy atom. The van der Waals surface area contributed by atoms with Gasteiger partial charge in [0.1, 0.15) is 5.82 Å². The number of hydrogen-bond acceptors (Lipinski definition) is 3. The number of nitrogens with one attached hydrogen (secondary N) is 2. The summed E-state index contributed by atoms with van der Waals surface area (Å²) in [6.45, 7) is 8.69. The van der Waals surface area contributed by atoms with E-state index in [1.54, 1.807) is 0 Å². The molecule has 7 heteroatoms. The van der Waals surface area contributed by atoms with Gasteiger partial charge in [0.25, 0.3) is 0 Å². The molecule has 2 N–H and O–H groups in total. The van der Waals surface area contributed by atoms with Crippen LogP contribution >= 0.6 is 24.0 Å². The van der Waals surface area contributed by atoms with Gasteiger partial charge in [-0.3, -0.25) is 4.40 Å². The first kappa shape index (κ1) is 22.1. The summed E-state index contributed by atoms with van der Waals surface area (Å²) >= 11 is 0. The quantitative estimate of drug-likeness (QED) is 0.229. The van der Waals surface area contributed by atoms with Crippen LogP contribution in [0.5, 0.6) is 0 Å². The van der Waals surface area contributed by atoms with Crippen LogP contribution in [0.25, 0.3) is 5.65 Å². The lowest BCUT2D eigenvalue weighted by Gasteiger charge is -2.12. The van der Waals surface area contributed by atoms with Gasteiger partial charge in [0.15, 0.2) is 11.6 Å². The summed E-state index contributed by atoms with van der Waals surface area (Å²) < 4.78 is 2.04. The number of hydrogen-bond donors (Lipinski definition) is 2. The van der Waals surface area contributed by atoms with Gasteiger partial charge in [-0.15, -0.1) is 34.2 Å². The van der Waals surface area contributed by atoms with E-state index >= 15 is 0 Å². The topological polar surface area (TPSA) is 66.6 Å². The van der Waals surface area contributed by atoms with Crippen LogP contribution in [0, 0.1) is 13.8 Å². The molecule has 2 aromatic heterocycles. The van der Waals surface area contributed by atoms with Gasteiger partial charge in [0.2, 0.25) is 0 Å². The predicted octanol–water partition coefficient (Wildman–Crippen LogP) is 3.65. The SMILES string of the molecule is CCNC(=NCc1ccc(C)cc1C)NCCCc1nnc2ccccn12.I. The molecule has 150 valence electrons. The summed E-state index contributed by atoms with van der Waals surface area (Å²) in [6.07, 6.45) is 3.84. The number of guanidine groups is 1. The standard InChI is InChI=1S/C21H28N6.HI/c1-4-22-21(24-15-18-11-10-16(2)14-17(18)3)23-12-7-9-20-26-25-19-8-5-6-13-27(19)20;/h5-6,8,10-11,13-14H,4,7,9,12,15H2,1-3H3,(H2,22,23,24);1H. The molecule has 1 aromatic carbocycles. The summed E-state index contributed by atoms with van der Waals surface area (Å²) in [5.41, 5.74) is 4.72. The third-order valence-electron chi connectivity index (χ3n) is 4.50. The smallest absolute Gasteiger partial charge is 0.191 e. The number of benzene rings is 1. The first-order chi connectivity index (χ1) is 13.2. The summed E-state index contributed by atoms with van der Waals surface area (Å²) in [5.74, 6) is 1.84. The zero-order chi connectivity index (χ0) is 19.1. The maximum atomic E-state index is 4.72. The maximum Gasteiger partial charge on any atom is 0.191 e. The molecular formula is C21H29IN6. The van der Waals surface area contributed by atoms with Gasteiger partial charge < -0.3 is 10.6 Å². The Labute approximate surface area is 183 Å². The molecule has 0 saturated carbocycles. The van der Waals surface area contributed by atoms with Crippen LogP contribution in [0.15, 0.2) is 47.6 Å². The lowest BCUT2D eigenvalue weighted by Crippen LogP contribution is -2.37. The number of halogens is 1. The highest BCUT2D eigenvalue weighted by Gasteiger charge is 2.05. The van der Waals surface area contributed by atoms with E-state index in [-0.39, 0.29) is 24.0 Å². The van der Waals surface area contributed by atoms with E-state index in [1.165, 1.54) is 16.7 Å². The molecule has 2 heterocycles. The van der Waals surface area contributed by atoms with E-state index < -0.39 is 0 Å². The molecule has 0 radical (unpaired) electrons. The first-order valence-corrected chi connectivity index (χ1v) is 9.54. The van der Waals surface area contributed by atoms with Crippen molar-refractivity contribution in [2.75, 3.05) is 13.1 Å². The molecule has 0 amide bonds. The van der Waals surface area contributed by atoms with Gasteiger partial charge in [-0.1, -0.05) is 29.8 Å². The summed E-state index contributed by atoms with van der Waals surface area (Å²) in [5, 5.41) is 15.2. The number of rotatable bonds is 7. The van der Waals surface area contributed by atoms with Crippen LogP contribution in [0.4, 0.5) is 0 Å². The molecule has 28 heavy (non-hydrogen) atoms. The second kappa shape index (κ2) is 11.0. The van der Waals surface area contributed by atoms with Crippen molar-refractivity contribution < 1.29 is 0 Å². The lowest BCUT2D eigenvalue weighted by atomic mass is 10.1. The van der Waals surface area contributed by atoms with Crippen LogP contribution < -0.4 is 10.6 Å². The van der Waals surface area contributed by atoms with E-state index in [1.807, 2.05) is 28.8 Å². The van der Waals surface area contributed by atoms with Crippen molar-refractivity contribution in [1.82, 2.24) is 25.2 Å². The minimum absolute atomic E-state index is 0. The Bertz CT molecular complexity index is 918. The molecule has 0 saturated heterocycles. The Kier molecular flexibility index (Phi) is 8.69. The maximum absolute atomic E-state index is 4.72. The van der Waals surface area contributed by atoms with E-state index in [9.17, 15) is 0 Å². The van der Waals surface area contributed by atoms with Gasteiger partial charge in [0.05, 0.1) is 6.54 Å². The molecule has 0 fully saturated rings. The fourth-order valence-electron chi connectivity index (χ4n) is 3.04. The molecule has 0 spiro atoms. The van der Waals surface area contributed by atoms with Crippen molar-refractivity contribution in [3.8, 4) is 0 Å². The summed E-state index contributed by atoms with van der Waals surface area (Å²) in [6, 6.07) is 12.5. The molecule has 0 atom stereocenters. The van der Waals surface area contributed by atoms with Crippen molar-refractivity contribution in [3.05, 3.63) is 65.1 Å². The average molecular weight is 492 g/mol. The molecular weight excluding hydrogens is 463 g/mol. The highest BCUT2D eigenvalue weighted by Crippen LogP contribution is 2.11. The van der Waals surface area contributed by atoms with Crippen molar-refractivity contribution in [3.63, 3.8) is 0 Å². The van der Waals surface area contributed by atoms with Gasteiger partial charge in [-0.05, 0) is 50.5 Å². The third-order valence-corrected chi connectivity index (χ3v) is 4.50. The first-order valence-electron chi connectivity index (χ1n) is 9.54. The van der Waals surface area contributed by atoms with E-state index in [0.717, 1.165) is 43.4 Å². The highest BCUT2D eigenvalue weighted by molar-refractivity contribution is 14.0. The van der Waals surface area contributed by atoms with Crippen LogP contribution in [0.2, 0.25) is 0 Å². The predicted molar refractivity (Wildman–Crippen MR) is 125 cm³/mol. The largest absolute Gasteiger partial charge is 0.357 e. The number of pyridine rings is 1. The zero-order valence-corrected chi connectivity index (χ0v) is 19.1. The minimum atomic E-state index is 0. The fourth-order valence-corrected chi connectivity index (χ4v) is 3.04. The molecule has 0 aliphatic rings. The van der Waals surface area contributed by atoms with Crippen molar-refractivity contribution >= 4 is 35.6 Å². The zero-order valence-electron chi connectivity index (χ0n) is 16.8. The molecule has 0 bridgehead atoms. The molecule has 0 aliphatic heterocycles. The monoisotopic (exact) mass is 492 g/mol. The highest BCUT2D eigenvalue weighted by atomic mass is 127. The van der Waals surface area contributed by atoms with Crippen LogP contribution in [0.3, 0.4) is 0 Å². The fraction of sp³-hybridized carbons (Fsp3) is 0.381. The van der Waals surface area contributed by atoms with E-state index in [2.05, 4.69) is 59.8 Å². The molecule has 3 aromatic rings. The number of aryl methyl sites for hydroxylation is 3. The molecule has 0 aliphatic carbocycles. The average Bonchev–Trinajstić information content (AvgIpc) is 3.07. The van der Waals surface area contributed by atoms with Crippen LogP contribution in [-0.2, 0) is 13.0 Å². The Morgan fingerprint density at radius 1 is 1.11 bits per heavy atom. The number of aromatic nitrogens is 3. The van der Waals surface area contributed by atoms with E-state index in [0.29, 0.717) is 6.54 Å². The summed E-state index contributed by atoms with van der Waals surface area (Å²) in [4.78, 5) is 4.72. The summed E-state index contributed by atoms with van der Waals surface area (Å²) in [7, 11) is 0. The minimum Gasteiger partial charge on any atom is -0.357 e. The number of fused-ring (bicyclic) bond motifs is 1. The van der Waals surface area contributed by atoms with Crippen LogP contribution in [0.1, 0.15) is 35.9 Å². The number of nitrogens with zero attached hydrogens (tertiary/aromatic N) is 4. The van der Waals surface area contributed by atoms with Crippen molar-refractivity contribution in [2.24, 2.45) is 4.99 Å². The van der Waals surface area contributed by atoms with Crippen molar-refractivity contribution in [1.29, 1.82) is 0 Å². The number of aliphatic imine (C=N–C) groups is 1. The second-order valence-electron chi connectivity index (χ2n) is 6.70. The van der Waals surface area contributed by atoms with Gasteiger partial charge >= 0.3 is 0 Å². The Balaban J connectivity index is 0.00000280. The normalized spacial score (nSPS) is 11.3. The van der Waals surface area contributed by atoms with Crippen molar-refractivity contribution in [2.45, 2.75) is 40.2 Å². The third kappa shape index (κ3) is 5.92. The van der Waals surface area contributed by atoms with Crippen LogP contribution in [-0.4, -0.2) is 33.6 Å². The Hall–Kier alpha value is -2.16. The van der Waals surface area contributed by atoms with E-state index in [4.69, 9.17) is 4.99 Å². The van der Waals surface area contributed by atoms with Gasteiger partial charge in [-0.2, -0.15) is 0 Å². The molecule has 3 rings (SSSR count). The van der Waals surface area contributed by atoms with Gasteiger partial charge in [0, 0.05) is 25.7 Å². The molecule has 0 unspecified atom stereocenters. The van der Waals surface area contributed by atoms with Gasteiger partial charge in [-0.25, -0.2) is 4.99 Å².